The van der Waals surface area contributed by atoms with E-state index >= 15 is 0 Å². The Hall–Kier alpha value is -2.59. The minimum atomic E-state index is -0.585. The summed E-state index contributed by atoms with van der Waals surface area (Å²) in [5, 5.41) is 17.9. The van der Waals surface area contributed by atoms with E-state index in [4.69, 9.17) is 11.1 Å². The minimum absolute atomic E-state index is 0.585. The van der Waals surface area contributed by atoms with Crippen molar-refractivity contribution in [1.82, 2.24) is 0 Å². The topological polar surface area (TPSA) is 73.3 Å². The number of nitrogens with zero attached hydrogens (tertiary/aromatic N) is 1. The number of nitrogens with two attached hydrogens (primary N) is 1. The lowest BCUT2D eigenvalue weighted by Crippen LogP contribution is -2.33. The van der Waals surface area contributed by atoms with Gasteiger partial charge in [0.1, 0.15) is 0 Å². The third kappa shape index (κ3) is 4.93. The molecule has 2 aromatic rings. The molecule has 162 valence electrons. The molecular formula is C26H37N3O. The highest BCUT2D eigenvalue weighted by atomic mass is 16.3. The molecule has 2 aromatic carbocycles. The quantitative estimate of drug-likeness (QED) is 0.563. The second kappa shape index (κ2) is 11.0. The number of hydrogen-bond acceptors (Lipinski definition) is 4. The molecule has 4 N–H and O–H groups in total. The first-order valence-electron chi connectivity index (χ1n) is 11.3. The molecule has 4 nitrogen and oxygen atoms in total. The van der Waals surface area contributed by atoms with Crippen LogP contribution in [0.4, 0.5) is 5.69 Å². The second-order valence-electron chi connectivity index (χ2n) is 7.36. The molecule has 0 radical (unpaired) electrons. The summed E-state index contributed by atoms with van der Waals surface area (Å²) in [6.45, 7) is 9.87. The molecule has 1 saturated carbocycles. The first kappa shape index (κ1) is 23.7. The van der Waals surface area contributed by atoms with E-state index in [1.165, 1.54) is 29.2 Å². The Morgan fingerprint density at radius 1 is 1.10 bits per heavy atom. The van der Waals surface area contributed by atoms with E-state index in [2.05, 4.69) is 41.3 Å². The van der Waals surface area contributed by atoms with E-state index < -0.39 is 5.60 Å². The zero-order valence-corrected chi connectivity index (χ0v) is 18.9. The van der Waals surface area contributed by atoms with Crippen molar-refractivity contribution in [2.45, 2.75) is 65.5 Å². The van der Waals surface area contributed by atoms with Gasteiger partial charge >= 0.3 is 0 Å². The highest BCUT2D eigenvalue weighted by molar-refractivity contribution is 6.08. The maximum absolute atomic E-state index is 10.5. The van der Waals surface area contributed by atoms with Gasteiger partial charge in [-0.2, -0.15) is 0 Å². The van der Waals surface area contributed by atoms with Gasteiger partial charge in [0, 0.05) is 36.8 Å². The van der Waals surface area contributed by atoms with Crippen molar-refractivity contribution in [2.24, 2.45) is 5.73 Å². The number of fused-ring (bicyclic) bond motifs is 1. The predicted octanol–water partition coefficient (Wildman–Crippen LogP) is 5.62. The van der Waals surface area contributed by atoms with Crippen LogP contribution in [0, 0.1) is 5.41 Å². The van der Waals surface area contributed by atoms with E-state index in [0.717, 1.165) is 55.5 Å². The molecule has 1 aliphatic heterocycles. The van der Waals surface area contributed by atoms with Gasteiger partial charge in [-0.3, -0.25) is 0 Å². The van der Waals surface area contributed by atoms with Crippen molar-refractivity contribution < 1.29 is 5.11 Å². The summed E-state index contributed by atoms with van der Waals surface area (Å²) >= 11 is 0. The lowest BCUT2D eigenvalue weighted by molar-refractivity contribution is -0.0388. The molecule has 1 aliphatic carbocycles. The SMILES string of the molecule is CC.CC.N=C/C(=C\N)c1ccc2c(c1)CCN2Cc1ccc(C2(O)CCC2)cc1. The zero-order valence-electron chi connectivity index (χ0n) is 18.9. The van der Waals surface area contributed by atoms with Crippen molar-refractivity contribution in [2.75, 3.05) is 11.4 Å². The summed E-state index contributed by atoms with van der Waals surface area (Å²) < 4.78 is 0. The first-order valence-corrected chi connectivity index (χ1v) is 11.3. The average Bonchev–Trinajstić information content (AvgIpc) is 3.18. The summed E-state index contributed by atoms with van der Waals surface area (Å²) in [5.41, 5.74) is 11.6. The van der Waals surface area contributed by atoms with Gasteiger partial charge in [0.15, 0.2) is 0 Å². The smallest absolute Gasteiger partial charge is 0.0896 e. The summed E-state index contributed by atoms with van der Waals surface area (Å²) in [7, 11) is 0. The summed E-state index contributed by atoms with van der Waals surface area (Å²) in [4.78, 5) is 2.39. The highest BCUT2D eigenvalue weighted by Crippen LogP contribution is 2.41. The summed E-state index contributed by atoms with van der Waals surface area (Å²) in [6.07, 6.45) is 6.66. The fraction of sp³-hybridized carbons (Fsp3) is 0.423. The van der Waals surface area contributed by atoms with Crippen LogP contribution in [0.1, 0.15) is 69.2 Å². The average molecular weight is 408 g/mol. The van der Waals surface area contributed by atoms with Crippen LogP contribution in [0.3, 0.4) is 0 Å². The molecule has 0 atom stereocenters. The Kier molecular flexibility index (Phi) is 8.67. The van der Waals surface area contributed by atoms with Gasteiger partial charge in [0.2, 0.25) is 0 Å². The van der Waals surface area contributed by atoms with Crippen molar-refractivity contribution in [3.05, 3.63) is 70.9 Å². The molecule has 0 spiro atoms. The third-order valence-corrected chi connectivity index (χ3v) is 5.79. The minimum Gasteiger partial charge on any atom is -0.404 e. The van der Waals surface area contributed by atoms with Crippen molar-refractivity contribution >= 4 is 17.5 Å². The van der Waals surface area contributed by atoms with E-state index in [1.807, 2.05) is 33.8 Å². The molecule has 0 aromatic heterocycles. The monoisotopic (exact) mass is 407 g/mol. The van der Waals surface area contributed by atoms with Crippen LogP contribution in [-0.2, 0) is 18.6 Å². The highest BCUT2D eigenvalue weighted by Gasteiger charge is 2.35. The number of aliphatic hydroxyl groups is 1. The molecular weight excluding hydrogens is 370 g/mol. The predicted molar refractivity (Wildman–Crippen MR) is 129 cm³/mol. The largest absolute Gasteiger partial charge is 0.404 e. The van der Waals surface area contributed by atoms with Crippen LogP contribution < -0.4 is 10.6 Å². The third-order valence-electron chi connectivity index (χ3n) is 5.79. The molecule has 0 amide bonds. The van der Waals surface area contributed by atoms with Gasteiger partial charge in [-0.15, -0.1) is 0 Å². The van der Waals surface area contributed by atoms with E-state index in [0.29, 0.717) is 0 Å². The maximum atomic E-state index is 10.5. The van der Waals surface area contributed by atoms with Crippen LogP contribution in [-0.4, -0.2) is 17.9 Å². The number of benzene rings is 2. The van der Waals surface area contributed by atoms with Crippen molar-refractivity contribution in [3.63, 3.8) is 0 Å². The number of allylic oxidation sites excluding steroid dienone is 1. The van der Waals surface area contributed by atoms with Crippen LogP contribution >= 0.6 is 0 Å². The Morgan fingerprint density at radius 2 is 1.77 bits per heavy atom. The summed E-state index contributed by atoms with van der Waals surface area (Å²) in [5.74, 6) is 0. The number of nitrogens with one attached hydrogen (secondary N) is 1. The molecule has 2 aliphatic rings. The van der Waals surface area contributed by atoms with Crippen LogP contribution in [0.5, 0.6) is 0 Å². The molecule has 0 unspecified atom stereocenters. The van der Waals surface area contributed by atoms with Crippen LogP contribution in [0.25, 0.3) is 5.57 Å². The Labute approximate surface area is 181 Å². The Bertz CT molecular complexity index is 851. The van der Waals surface area contributed by atoms with Gasteiger partial charge in [-0.05, 0) is 60.1 Å². The maximum Gasteiger partial charge on any atom is 0.0896 e. The molecule has 4 rings (SSSR count). The molecule has 0 bridgehead atoms. The fourth-order valence-electron chi connectivity index (χ4n) is 3.98. The molecule has 1 heterocycles. The van der Waals surface area contributed by atoms with E-state index in [-0.39, 0.29) is 0 Å². The zero-order chi connectivity index (χ0) is 22.1. The molecule has 0 saturated heterocycles. The van der Waals surface area contributed by atoms with Crippen molar-refractivity contribution in [3.8, 4) is 0 Å². The fourth-order valence-corrected chi connectivity index (χ4v) is 3.98. The Morgan fingerprint density at radius 3 is 2.30 bits per heavy atom. The van der Waals surface area contributed by atoms with Crippen LogP contribution in [0.2, 0.25) is 0 Å². The van der Waals surface area contributed by atoms with Gasteiger partial charge in [-0.1, -0.05) is 58.0 Å². The van der Waals surface area contributed by atoms with Crippen molar-refractivity contribution in [1.29, 1.82) is 5.41 Å². The number of anilines is 1. The lowest BCUT2D eigenvalue weighted by atomic mass is 9.75. The van der Waals surface area contributed by atoms with E-state index in [1.54, 1.807) is 0 Å². The molecule has 30 heavy (non-hydrogen) atoms. The van der Waals surface area contributed by atoms with Gasteiger partial charge in [0.05, 0.1) is 5.60 Å². The Balaban J connectivity index is 0.000000757. The second-order valence-corrected chi connectivity index (χ2v) is 7.36. The standard InChI is InChI=1S/C22H25N3O.2C2H6/c23-13-19(14-24)17-4-7-21-18(12-17)8-11-25(21)15-16-2-5-20(6-3-16)22(26)9-1-10-22;2*1-2/h2-7,12-14,23,26H,1,8-11,15,24H2;2*1-2H3/b19-14+,23-13?;;. The van der Waals surface area contributed by atoms with Gasteiger partial charge in [-0.25, -0.2) is 0 Å². The number of hydrogen-bond donors (Lipinski definition) is 3. The lowest BCUT2D eigenvalue weighted by Gasteiger charge is -2.37. The first-order chi connectivity index (χ1) is 14.6. The molecule has 1 fully saturated rings. The summed E-state index contributed by atoms with van der Waals surface area (Å²) in [6, 6.07) is 14.8. The number of rotatable bonds is 5. The normalized spacial score (nSPS) is 16.3. The van der Waals surface area contributed by atoms with Gasteiger partial charge in [0.25, 0.3) is 0 Å². The molecule has 4 heteroatoms. The van der Waals surface area contributed by atoms with E-state index in [9.17, 15) is 5.11 Å². The van der Waals surface area contributed by atoms with Gasteiger partial charge < -0.3 is 21.1 Å². The van der Waals surface area contributed by atoms with Crippen LogP contribution in [0.15, 0.2) is 48.7 Å².